The summed E-state index contributed by atoms with van der Waals surface area (Å²) in [6, 6.07) is 7.55. The van der Waals surface area contributed by atoms with E-state index in [2.05, 4.69) is 0 Å². The summed E-state index contributed by atoms with van der Waals surface area (Å²) in [7, 11) is 0. The van der Waals surface area contributed by atoms with Gasteiger partial charge in [-0.2, -0.15) is 5.26 Å². The van der Waals surface area contributed by atoms with Crippen LogP contribution in [-0.2, 0) is 6.54 Å². The van der Waals surface area contributed by atoms with Crippen molar-refractivity contribution in [3.8, 4) is 6.07 Å². The molecule has 0 radical (unpaired) electrons. The first kappa shape index (κ1) is 12.1. The molecule has 0 aliphatic heterocycles. The summed E-state index contributed by atoms with van der Waals surface area (Å²) in [5, 5.41) is 9.31. The minimum atomic E-state index is 0.00271. The lowest BCUT2D eigenvalue weighted by molar-refractivity contribution is 0.656. The van der Waals surface area contributed by atoms with E-state index in [-0.39, 0.29) is 5.69 Å². The quantitative estimate of drug-likeness (QED) is 0.863. The van der Waals surface area contributed by atoms with Crippen LogP contribution in [0.2, 0.25) is 5.02 Å². The Bertz CT molecular complexity index is 719. The topological polar surface area (TPSA) is 50.7 Å². The summed E-state index contributed by atoms with van der Waals surface area (Å²) in [6.45, 7) is 0.434. The van der Waals surface area contributed by atoms with Gasteiger partial charge in [0.25, 0.3) is 0 Å². The highest BCUT2D eigenvalue weighted by atomic mass is 35.5. The zero-order chi connectivity index (χ0) is 13.4. The fourth-order valence-electron chi connectivity index (χ4n) is 2.11. The lowest BCUT2D eigenvalue weighted by atomic mass is 10.1. The SMILES string of the molecule is N#Cc1ccc(Cn2ccn(C3CC3)c2=O)c(Cl)c1. The van der Waals surface area contributed by atoms with Crippen LogP contribution in [0, 0.1) is 11.3 Å². The molecule has 5 heteroatoms. The Balaban J connectivity index is 1.89. The van der Waals surface area contributed by atoms with Crippen molar-refractivity contribution in [1.29, 1.82) is 5.26 Å². The molecule has 1 saturated carbocycles. The van der Waals surface area contributed by atoms with Crippen LogP contribution >= 0.6 is 11.6 Å². The first-order valence-electron chi connectivity index (χ1n) is 6.15. The lowest BCUT2D eigenvalue weighted by Crippen LogP contribution is -2.23. The van der Waals surface area contributed by atoms with Crippen LogP contribution in [0.3, 0.4) is 0 Å². The van der Waals surface area contributed by atoms with Gasteiger partial charge in [-0.15, -0.1) is 0 Å². The molecule has 2 aromatic rings. The average Bonchev–Trinajstić information content (AvgIpc) is 3.18. The molecule has 0 amide bonds. The van der Waals surface area contributed by atoms with Crippen molar-refractivity contribution >= 4 is 11.6 Å². The van der Waals surface area contributed by atoms with Gasteiger partial charge in [0.2, 0.25) is 0 Å². The van der Waals surface area contributed by atoms with Gasteiger partial charge in [0.15, 0.2) is 0 Å². The van der Waals surface area contributed by atoms with Gasteiger partial charge in [-0.25, -0.2) is 4.79 Å². The van der Waals surface area contributed by atoms with Crippen LogP contribution in [0.4, 0.5) is 0 Å². The molecule has 0 spiro atoms. The number of halogens is 1. The molecule has 0 bridgehead atoms. The highest BCUT2D eigenvalue weighted by Gasteiger charge is 2.25. The summed E-state index contributed by atoms with van der Waals surface area (Å²) in [5.41, 5.74) is 1.37. The summed E-state index contributed by atoms with van der Waals surface area (Å²) < 4.78 is 3.42. The van der Waals surface area contributed by atoms with E-state index < -0.39 is 0 Å². The molecular formula is C14H12ClN3O. The van der Waals surface area contributed by atoms with Gasteiger partial charge in [0.05, 0.1) is 18.2 Å². The van der Waals surface area contributed by atoms with Gasteiger partial charge in [-0.1, -0.05) is 17.7 Å². The Kier molecular flexibility index (Phi) is 2.92. The summed E-state index contributed by atoms with van der Waals surface area (Å²) in [6.07, 6.45) is 5.79. The first-order chi connectivity index (χ1) is 9.19. The van der Waals surface area contributed by atoms with Crippen molar-refractivity contribution < 1.29 is 0 Å². The maximum atomic E-state index is 12.1. The monoisotopic (exact) mass is 273 g/mol. The third-order valence-electron chi connectivity index (χ3n) is 3.34. The zero-order valence-electron chi connectivity index (χ0n) is 10.2. The van der Waals surface area contributed by atoms with Gasteiger partial charge in [0, 0.05) is 23.5 Å². The Morgan fingerprint density at radius 1 is 1.37 bits per heavy atom. The van der Waals surface area contributed by atoms with Crippen molar-refractivity contribution in [2.45, 2.75) is 25.4 Å². The molecule has 1 heterocycles. The third kappa shape index (κ3) is 2.29. The third-order valence-corrected chi connectivity index (χ3v) is 3.69. The number of benzene rings is 1. The Labute approximate surface area is 115 Å². The second kappa shape index (κ2) is 4.60. The molecule has 4 nitrogen and oxygen atoms in total. The number of hydrogen-bond acceptors (Lipinski definition) is 2. The van der Waals surface area contributed by atoms with Crippen LogP contribution in [0.1, 0.15) is 30.0 Å². The standard InChI is InChI=1S/C14H12ClN3O/c15-13-7-10(8-16)1-2-11(13)9-17-5-6-18(14(17)19)12-3-4-12/h1-2,5-7,12H,3-4,9H2. The van der Waals surface area contributed by atoms with Crippen molar-refractivity contribution in [3.05, 3.63) is 57.2 Å². The van der Waals surface area contributed by atoms with E-state index in [1.165, 1.54) is 0 Å². The molecule has 0 N–H and O–H groups in total. The molecule has 3 rings (SSSR count). The van der Waals surface area contributed by atoms with Crippen LogP contribution in [0.25, 0.3) is 0 Å². The number of nitrogens with zero attached hydrogens (tertiary/aromatic N) is 3. The van der Waals surface area contributed by atoms with E-state index in [1.807, 2.05) is 12.3 Å². The number of hydrogen-bond donors (Lipinski definition) is 0. The molecule has 1 aliphatic carbocycles. The number of nitriles is 1. The Morgan fingerprint density at radius 2 is 2.16 bits per heavy atom. The van der Waals surface area contributed by atoms with E-state index in [0.717, 1.165) is 18.4 Å². The minimum Gasteiger partial charge on any atom is -0.296 e. The highest BCUT2D eigenvalue weighted by molar-refractivity contribution is 6.31. The molecule has 19 heavy (non-hydrogen) atoms. The van der Waals surface area contributed by atoms with Crippen LogP contribution in [0.5, 0.6) is 0 Å². The van der Waals surface area contributed by atoms with Crippen LogP contribution < -0.4 is 5.69 Å². The second-order valence-corrected chi connectivity index (χ2v) is 5.17. The molecule has 0 unspecified atom stereocenters. The van der Waals surface area contributed by atoms with Gasteiger partial charge in [-0.05, 0) is 30.5 Å². The molecule has 0 atom stereocenters. The maximum Gasteiger partial charge on any atom is 0.328 e. The van der Waals surface area contributed by atoms with Crippen LogP contribution in [0.15, 0.2) is 35.4 Å². The van der Waals surface area contributed by atoms with Crippen molar-refractivity contribution in [3.63, 3.8) is 0 Å². The molecule has 96 valence electrons. The van der Waals surface area contributed by atoms with E-state index in [4.69, 9.17) is 16.9 Å². The number of imidazole rings is 1. The Morgan fingerprint density at radius 3 is 2.79 bits per heavy atom. The smallest absolute Gasteiger partial charge is 0.296 e. The molecule has 1 fully saturated rings. The zero-order valence-corrected chi connectivity index (χ0v) is 11.0. The number of rotatable bonds is 3. The minimum absolute atomic E-state index is 0.00271. The molecule has 1 aromatic carbocycles. The van der Waals surface area contributed by atoms with Gasteiger partial charge >= 0.3 is 5.69 Å². The summed E-state index contributed by atoms with van der Waals surface area (Å²) in [5.74, 6) is 0. The summed E-state index contributed by atoms with van der Waals surface area (Å²) in [4.78, 5) is 12.1. The van der Waals surface area contributed by atoms with E-state index >= 15 is 0 Å². The second-order valence-electron chi connectivity index (χ2n) is 4.77. The van der Waals surface area contributed by atoms with E-state index in [0.29, 0.717) is 23.2 Å². The first-order valence-corrected chi connectivity index (χ1v) is 6.52. The predicted octanol–water partition coefficient (Wildman–Crippen LogP) is 2.56. The van der Waals surface area contributed by atoms with Crippen LogP contribution in [-0.4, -0.2) is 9.13 Å². The van der Waals surface area contributed by atoms with E-state index in [1.54, 1.807) is 33.5 Å². The highest BCUT2D eigenvalue weighted by Crippen LogP contribution is 2.33. The molecule has 1 aromatic heterocycles. The molecule has 0 saturated heterocycles. The van der Waals surface area contributed by atoms with Crippen molar-refractivity contribution in [1.82, 2.24) is 9.13 Å². The predicted molar refractivity (Wildman–Crippen MR) is 72.2 cm³/mol. The van der Waals surface area contributed by atoms with E-state index in [9.17, 15) is 4.79 Å². The van der Waals surface area contributed by atoms with Crippen molar-refractivity contribution in [2.24, 2.45) is 0 Å². The number of aromatic nitrogens is 2. The van der Waals surface area contributed by atoms with Crippen molar-refractivity contribution in [2.75, 3.05) is 0 Å². The lowest BCUT2D eigenvalue weighted by Gasteiger charge is -2.05. The maximum absolute atomic E-state index is 12.1. The van der Waals surface area contributed by atoms with Gasteiger partial charge < -0.3 is 0 Å². The molecular weight excluding hydrogens is 262 g/mol. The summed E-state index contributed by atoms with van der Waals surface area (Å²) >= 11 is 6.12. The van der Waals surface area contributed by atoms with Gasteiger partial charge in [-0.3, -0.25) is 9.13 Å². The fraction of sp³-hybridized carbons (Fsp3) is 0.286. The van der Waals surface area contributed by atoms with Gasteiger partial charge in [0.1, 0.15) is 0 Å². The average molecular weight is 274 g/mol. The fourth-order valence-corrected chi connectivity index (χ4v) is 2.35. The Hall–Kier alpha value is -1.99. The normalized spacial score (nSPS) is 14.3. The molecule has 1 aliphatic rings. The largest absolute Gasteiger partial charge is 0.328 e.